The first-order valence-corrected chi connectivity index (χ1v) is 6.69. The van der Waals surface area contributed by atoms with Crippen molar-refractivity contribution < 1.29 is 4.79 Å². The van der Waals surface area contributed by atoms with E-state index in [-0.39, 0.29) is 5.91 Å². The van der Waals surface area contributed by atoms with Crippen LogP contribution in [0.2, 0.25) is 0 Å². The third kappa shape index (κ3) is 5.33. The second-order valence-electron chi connectivity index (χ2n) is 4.04. The summed E-state index contributed by atoms with van der Waals surface area (Å²) in [6.07, 6.45) is 2.24. The van der Waals surface area contributed by atoms with Crippen molar-refractivity contribution in [1.29, 1.82) is 0 Å². The largest absolute Gasteiger partial charge is 0.325 e. The van der Waals surface area contributed by atoms with Crippen LogP contribution in [-0.4, -0.2) is 19.0 Å². The molecule has 94 valence electrons. The van der Waals surface area contributed by atoms with Crippen molar-refractivity contribution in [2.45, 2.75) is 26.7 Å². The molecular formula is C13H19BrN2O. The number of nitrogens with one attached hydrogen (secondary N) is 2. The zero-order chi connectivity index (χ0) is 12.7. The fourth-order valence-electron chi connectivity index (χ4n) is 1.47. The Labute approximate surface area is 111 Å². The molecule has 2 N–H and O–H groups in total. The molecule has 0 radical (unpaired) electrons. The molecule has 1 aromatic rings. The van der Waals surface area contributed by atoms with E-state index >= 15 is 0 Å². The molecule has 0 aliphatic heterocycles. The highest BCUT2D eigenvalue weighted by molar-refractivity contribution is 9.10. The summed E-state index contributed by atoms with van der Waals surface area (Å²) >= 11 is 3.40. The van der Waals surface area contributed by atoms with Gasteiger partial charge in [-0.3, -0.25) is 4.79 Å². The van der Waals surface area contributed by atoms with Crippen molar-refractivity contribution in [3.63, 3.8) is 0 Å². The first-order valence-electron chi connectivity index (χ1n) is 5.90. The van der Waals surface area contributed by atoms with E-state index in [2.05, 4.69) is 33.5 Å². The number of hydrogen-bond donors (Lipinski definition) is 2. The SMILES string of the molecule is CCCCNCC(=O)Nc1ccc(Br)cc1C. The average Bonchev–Trinajstić information content (AvgIpc) is 2.28. The molecule has 0 aromatic heterocycles. The van der Waals surface area contributed by atoms with Gasteiger partial charge in [0.05, 0.1) is 6.54 Å². The Balaban J connectivity index is 2.40. The maximum absolute atomic E-state index is 11.6. The number of amides is 1. The van der Waals surface area contributed by atoms with Crippen LogP contribution in [-0.2, 0) is 4.79 Å². The van der Waals surface area contributed by atoms with Crippen LogP contribution < -0.4 is 10.6 Å². The van der Waals surface area contributed by atoms with Gasteiger partial charge in [-0.2, -0.15) is 0 Å². The second-order valence-corrected chi connectivity index (χ2v) is 4.95. The highest BCUT2D eigenvalue weighted by Crippen LogP contribution is 2.19. The lowest BCUT2D eigenvalue weighted by Crippen LogP contribution is -2.28. The van der Waals surface area contributed by atoms with Crippen LogP contribution in [0.5, 0.6) is 0 Å². The number of carbonyl (C=O) groups excluding carboxylic acids is 1. The summed E-state index contributed by atoms with van der Waals surface area (Å²) in [6.45, 7) is 5.37. The third-order valence-electron chi connectivity index (χ3n) is 2.46. The molecular weight excluding hydrogens is 280 g/mol. The van der Waals surface area contributed by atoms with Crippen molar-refractivity contribution in [2.24, 2.45) is 0 Å². The van der Waals surface area contributed by atoms with Crippen molar-refractivity contribution in [1.82, 2.24) is 5.32 Å². The predicted octanol–water partition coefficient (Wildman–Crippen LogP) is 3.09. The Hall–Kier alpha value is -0.870. The van der Waals surface area contributed by atoms with E-state index in [0.717, 1.165) is 35.1 Å². The minimum absolute atomic E-state index is 0.00604. The van der Waals surface area contributed by atoms with Crippen molar-refractivity contribution in [2.75, 3.05) is 18.4 Å². The van der Waals surface area contributed by atoms with E-state index in [1.807, 2.05) is 25.1 Å². The lowest BCUT2D eigenvalue weighted by molar-refractivity contribution is -0.115. The molecule has 0 spiro atoms. The van der Waals surface area contributed by atoms with Crippen LogP contribution in [0.4, 0.5) is 5.69 Å². The Morgan fingerprint density at radius 3 is 2.82 bits per heavy atom. The lowest BCUT2D eigenvalue weighted by Gasteiger charge is -2.09. The van der Waals surface area contributed by atoms with Gasteiger partial charge < -0.3 is 10.6 Å². The molecule has 1 amide bonds. The van der Waals surface area contributed by atoms with Crippen LogP contribution in [0.15, 0.2) is 22.7 Å². The fourth-order valence-corrected chi connectivity index (χ4v) is 1.94. The van der Waals surface area contributed by atoms with Gasteiger partial charge in [-0.15, -0.1) is 0 Å². The molecule has 0 bridgehead atoms. The molecule has 1 rings (SSSR count). The highest BCUT2D eigenvalue weighted by atomic mass is 79.9. The van der Waals surface area contributed by atoms with Gasteiger partial charge in [0.25, 0.3) is 0 Å². The summed E-state index contributed by atoms with van der Waals surface area (Å²) < 4.78 is 1.02. The third-order valence-corrected chi connectivity index (χ3v) is 2.95. The van der Waals surface area contributed by atoms with E-state index in [1.54, 1.807) is 0 Å². The standard InChI is InChI=1S/C13H19BrN2O/c1-3-4-7-15-9-13(17)16-12-6-5-11(14)8-10(12)2/h5-6,8,15H,3-4,7,9H2,1-2H3,(H,16,17). The summed E-state index contributed by atoms with van der Waals surface area (Å²) in [5, 5.41) is 6.01. The van der Waals surface area contributed by atoms with Crippen LogP contribution in [0.25, 0.3) is 0 Å². The monoisotopic (exact) mass is 298 g/mol. The van der Waals surface area contributed by atoms with Gasteiger partial charge in [-0.1, -0.05) is 29.3 Å². The molecule has 0 aliphatic rings. The van der Waals surface area contributed by atoms with E-state index in [9.17, 15) is 4.79 Å². The molecule has 17 heavy (non-hydrogen) atoms. The number of halogens is 1. The molecule has 0 unspecified atom stereocenters. The number of rotatable bonds is 6. The summed E-state index contributed by atoms with van der Waals surface area (Å²) in [7, 11) is 0. The maximum atomic E-state index is 11.6. The van der Waals surface area contributed by atoms with Gasteiger partial charge in [0.15, 0.2) is 0 Å². The second kappa shape index (κ2) is 7.45. The maximum Gasteiger partial charge on any atom is 0.238 e. The van der Waals surface area contributed by atoms with Crippen molar-refractivity contribution >= 4 is 27.5 Å². The zero-order valence-electron chi connectivity index (χ0n) is 10.3. The van der Waals surface area contributed by atoms with E-state index in [4.69, 9.17) is 0 Å². The molecule has 4 heteroatoms. The molecule has 0 aliphatic carbocycles. The van der Waals surface area contributed by atoms with E-state index in [0.29, 0.717) is 6.54 Å². The molecule has 3 nitrogen and oxygen atoms in total. The van der Waals surface area contributed by atoms with Gasteiger partial charge in [0.2, 0.25) is 5.91 Å². The zero-order valence-corrected chi connectivity index (χ0v) is 11.9. The van der Waals surface area contributed by atoms with Gasteiger partial charge in [0, 0.05) is 10.2 Å². The highest BCUT2D eigenvalue weighted by Gasteiger charge is 2.04. The molecule has 0 saturated carbocycles. The van der Waals surface area contributed by atoms with Crippen LogP contribution in [0, 0.1) is 6.92 Å². The van der Waals surface area contributed by atoms with Crippen LogP contribution in [0.1, 0.15) is 25.3 Å². The Kier molecular flexibility index (Phi) is 6.22. The molecule has 0 saturated heterocycles. The minimum atomic E-state index is 0.00604. The van der Waals surface area contributed by atoms with Crippen LogP contribution >= 0.6 is 15.9 Å². The normalized spacial score (nSPS) is 10.3. The smallest absolute Gasteiger partial charge is 0.238 e. The van der Waals surface area contributed by atoms with Crippen molar-refractivity contribution in [3.05, 3.63) is 28.2 Å². The first kappa shape index (κ1) is 14.2. The number of carbonyl (C=O) groups is 1. The minimum Gasteiger partial charge on any atom is -0.325 e. The van der Waals surface area contributed by atoms with Crippen LogP contribution in [0.3, 0.4) is 0 Å². The predicted molar refractivity (Wildman–Crippen MR) is 75.3 cm³/mol. The molecule has 1 aromatic carbocycles. The number of anilines is 1. The summed E-state index contributed by atoms with van der Waals surface area (Å²) in [5.41, 5.74) is 1.93. The van der Waals surface area contributed by atoms with E-state index in [1.165, 1.54) is 0 Å². The lowest BCUT2D eigenvalue weighted by atomic mass is 10.2. The van der Waals surface area contributed by atoms with E-state index < -0.39 is 0 Å². The quantitative estimate of drug-likeness (QED) is 0.793. The molecule has 0 atom stereocenters. The number of hydrogen-bond acceptors (Lipinski definition) is 2. The van der Waals surface area contributed by atoms with Gasteiger partial charge in [-0.25, -0.2) is 0 Å². The summed E-state index contributed by atoms with van der Waals surface area (Å²) in [5.74, 6) is 0.00604. The summed E-state index contributed by atoms with van der Waals surface area (Å²) in [4.78, 5) is 11.6. The number of aryl methyl sites for hydroxylation is 1. The number of unbranched alkanes of at least 4 members (excludes halogenated alkanes) is 1. The Morgan fingerprint density at radius 2 is 2.18 bits per heavy atom. The topological polar surface area (TPSA) is 41.1 Å². The summed E-state index contributed by atoms with van der Waals surface area (Å²) in [6, 6.07) is 5.82. The molecule has 0 fully saturated rings. The average molecular weight is 299 g/mol. The Bertz CT molecular complexity index is 380. The number of benzene rings is 1. The first-order chi connectivity index (χ1) is 8.13. The molecule has 0 heterocycles. The Morgan fingerprint density at radius 1 is 1.41 bits per heavy atom. The van der Waals surface area contributed by atoms with Gasteiger partial charge >= 0.3 is 0 Å². The van der Waals surface area contributed by atoms with Crippen molar-refractivity contribution in [3.8, 4) is 0 Å². The van der Waals surface area contributed by atoms with Gasteiger partial charge in [-0.05, 0) is 43.7 Å². The van der Waals surface area contributed by atoms with Gasteiger partial charge in [0.1, 0.15) is 0 Å². The fraction of sp³-hybridized carbons (Fsp3) is 0.462.